The molecule has 0 fully saturated rings. The summed E-state index contributed by atoms with van der Waals surface area (Å²) in [5.41, 5.74) is 2.27. The van der Waals surface area contributed by atoms with Crippen LogP contribution in [0.5, 0.6) is 0 Å². The van der Waals surface area contributed by atoms with Crippen molar-refractivity contribution in [3.8, 4) is 0 Å². The summed E-state index contributed by atoms with van der Waals surface area (Å²) in [5.74, 6) is 0. The molecule has 0 aliphatic carbocycles. The van der Waals surface area contributed by atoms with Crippen molar-refractivity contribution in [1.29, 1.82) is 0 Å². The average Bonchev–Trinajstić information content (AvgIpc) is 2.56. The standard InChI is InChI=1S/C13H17N3O2/c1-15(2)13(17)16-9-5-7-11(14-18)10-6-3-4-8-12(10)16/h3-4,6,8,18H,5,7,9H2,1-2H3/b14-11-. The highest BCUT2D eigenvalue weighted by Crippen LogP contribution is 2.27. The molecule has 0 saturated heterocycles. The van der Waals surface area contributed by atoms with Crippen molar-refractivity contribution in [2.45, 2.75) is 12.8 Å². The van der Waals surface area contributed by atoms with Gasteiger partial charge in [0.05, 0.1) is 11.4 Å². The summed E-state index contributed by atoms with van der Waals surface area (Å²) in [6.07, 6.45) is 1.46. The summed E-state index contributed by atoms with van der Waals surface area (Å²) in [6.45, 7) is 0.632. The molecule has 1 aromatic carbocycles. The monoisotopic (exact) mass is 247 g/mol. The molecule has 5 heteroatoms. The zero-order valence-electron chi connectivity index (χ0n) is 10.6. The third kappa shape index (κ3) is 2.16. The molecule has 18 heavy (non-hydrogen) atoms. The second kappa shape index (κ2) is 5.08. The van der Waals surface area contributed by atoms with E-state index in [-0.39, 0.29) is 6.03 Å². The minimum absolute atomic E-state index is 0.0540. The SMILES string of the molecule is CN(C)C(=O)N1CCC/C(=N/O)c2ccccc21. The number of carbonyl (C=O) groups is 1. The summed E-state index contributed by atoms with van der Waals surface area (Å²) < 4.78 is 0. The Labute approximate surface area is 106 Å². The highest BCUT2D eigenvalue weighted by Gasteiger charge is 2.24. The molecular weight excluding hydrogens is 230 g/mol. The van der Waals surface area contributed by atoms with Gasteiger partial charge in [0.25, 0.3) is 0 Å². The van der Waals surface area contributed by atoms with Gasteiger partial charge in [-0.1, -0.05) is 23.4 Å². The number of nitrogens with zero attached hydrogens (tertiary/aromatic N) is 3. The fourth-order valence-electron chi connectivity index (χ4n) is 2.16. The second-order valence-electron chi connectivity index (χ2n) is 4.50. The molecule has 1 heterocycles. The first-order chi connectivity index (χ1) is 8.65. The van der Waals surface area contributed by atoms with Crippen molar-refractivity contribution < 1.29 is 10.0 Å². The Balaban J connectivity index is 2.49. The van der Waals surface area contributed by atoms with Gasteiger partial charge >= 0.3 is 6.03 Å². The van der Waals surface area contributed by atoms with Gasteiger partial charge in [0.15, 0.2) is 0 Å². The van der Waals surface area contributed by atoms with Crippen LogP contribution in [0.1, 0.15) is 18.4 Å². The Morgan fingerprint density at radius 2 is 2.11 bits per heavy atom. The van der Waals surface area contributed by atoms with Crippen molar-refractivity contribution in [3.05, 3.63) is 29.8 Å². The third-order valence-electron chi connectivity index (χ3n) is 3.04. The van der Waals surface area contributed by atoms with E-state index in [1.807, 2.05) is 24.3 Å². The highest BCUT2D eigenvalue weighted by molar-refractivity contribution is 6.08. The number of hydrogen-bond donors (Lipinski definition) is 1. The molecule has 0 radical (unpaired) electrons. The van der Waals surface area contributed by atoms with E-state index in [2.05, 4.69) is 5.16 Å². The summed E-state index contributed by atoms with van der Waals surface area (Å²) in [4.78, 5) is 15.4. The molecule has 0 saturated carbocycles. The zero-order chi connectivity index (χ0) is 13.1. The van der Waals surface area contributed by atoms with Crippen LogP contribution in [0.3, 0.4) is 0 Å². The van der Waals surface area contributed by atoms with Crippen molar-refractivity contribution >= 4 is 17.4 Å². The van der Waals surface area contributed by atoms with Crippen LogP contribution in [0.15, 0.2) is 29.4 Å². The maximum atomic E-state index is 12.2. The lowest BCUT2D eigenvalue weighted by atomic mass is 10.1. The van der Waals surface area contributed by atoms with Crippen LogP contribution in [-0.4, -0.2) is 42.5 Å². The predicted octanol–water partition coefficient (Wildman–Crippen LogP) is 2.15. The minimum atomic E-state index is -0.0540. The van der Waals surface area contributed by atoms with Gasteiger partial charge in [-0.2, -0.15) is 0 Å². The van der Waals surface area contributed by atoms with E-state index in [9.17, 15) is 4.79 Å². The molecule has 0 aromatic heterocycles. The Kier molecular flexibility index (Phi) is 3.50. The number of urea groups is 1. The number of oxime groups is 1. The van der Waals surface area contributed by atoms with E-state index in [1.54, 1.807) is 23.9 Å². The van der Waals surface area contributed by atoms with E-state index in [0.29, 0.717) is 18.7 Å². The van der Waals surface area contributed by atoms with Gasteiger partial charge in [-0.25, -0.2) is 4.79 Å². The molecule has 1 aliphatic rings. The molecule has 0 spiro atoms. The summed E-state index contributed by atoms with van der Waals surface area (Å²) in [6, 6.07) is 7.48. The van der Waals surface area contributed by atoms with E-state index < -0.39 is 0 Å². The number of para-hydroxylation sites is 1. The fourth-order valence-corrected chi connectivity index (χ4v) is 2.16. The lowest BCUT2D eigenvalue weighted by Crippen LogP contribution is -2.39. The van der Waals surface area contributed by atoms with E-state index >= 15 is 0 Å². The van der Waals surface area contributed by atoms with Crippen molar-refractivity contribution in [1.82, 2.24) is 4.90 Å². The predicted molar refractivity (Wildman–Crippen MR) is 70.4 cm³/mol. The molecule has 1 N–H and O–H groups in total. The lowest BCUT2D eigenvalue weighted by Gasteiger charge is -2.26. The number of amides is 2. The van der Waals surface area contributed by atoms with Crippen LogP contribution < -0.4 is 4.90 Å². The number of rotatable bonds is 0. The van der Waals surface area contributed by atoms with Crippen LogP contribution in [0.25, 0.3) is 0 Å². The summed E-state index contributed by atoms with van der Waals surface area (Å²) in [5, 5.41) is 12.4. The summed E-state index contributed by atoms with van der Waals surface area (Å²) in [7, 11) is 3.47. The molecular formula is C13H17N3O2. The topological polar surface area (TPSA) is 56.1 Å². The number of carbonyl (C=O) groups excluding carboxylic acids is 1. The Hall–Kier alpha value is -2.04. The largest absolute Gasteiger partial charge is 0.411 e. The number of benzene rings is 1. The number of fused-ring (bicyclic) bond motifs is 1. The molecule has 1 aromatic rings. The molecule has 2 rings (SSSR count). The second-order valence-corrected chi connectivity index (χ2v) is 4.50. The Bertz CT molecular complexity index is 483. The van der Waals surface area contributed by atoms with E-state index in [0.717, 1.165) is 17.7 Å². The van der Waals surface area contributed by atoms with Crippen LogP contribution in [0.2, 0.25) is 0 Å². The fraction of sp³-hybridized carbons (Fsp3) is 0.385. The molecule has 5 nitrogen and oxygen atoms in total. The van der Waals surface area contributed by atoms with Crippen LogP contribution in [-0.2, 0) is 0 Å². The smallest absolute Gasteiger partial charge is 0.323 e. The van der Waals surface area contributed by atoms with E-state index in [4.69, 9.17) is 5.21 Å². The lowest BCUT2D eigenvalue weighted by molar-refractivity contribution is 0.224. The first-order valence-electron chi connectivity index (χ1n) is 5.94. The van der Waals surface area contributed by atoms with Crippen LogP contribution >= 0.6 is 0 Å². The molecule has 0 atom stereocenters. The van der Waals surface area contributed by atoms with E-state index in [1.165, 1.54) is 0 Å². The molecule has 1 aliphatic heterocycles. The van der Waals surface area contributed by atoms with Crippen molar-refractivity contribution in [3.63, 3.8) is 0 Å². The number of anilines is 1. The minimum Gasteiger partial charge on any atom is -0.411 e. The van der Waals surface area contributed by atoms with Crippen LogP contribution in [0.4, 0.5) is 10.5 Å². The third-order valence-corrected chi connectivity index (χ3v) is 3.04. The van der Waals surface area contributed by atoms with Gasteiger partial charge in [0.1, 0.15) is 0 Å². The highest BCUT2D eigenvalue weighted by atomic mass is 16.4. The normalized spacial score (nSPS) is 17.2. The van der Waals surface area contributed by atoms with Crippen molar-refractivity contribution in [2.24, 2.45) is 5.16 Å². The molecule has 2 amide bonds. The Morgan fingerprint density at radius 1 is 1.39 bits per heavy atom. The molecule has 0 unspecified atom stereocenters. The van der Waals surface area contributed by atoms with Gasteiger partial charge < -0.3 is 10.1 Å². The average molecular weight is 247 g/mol. The first-order valence-corrected chi connectivity index (χ1v) is 5.94. The maximum absolute atomic E-state index is 12.2. The van der Waals surface area contributed by atoms with Crippen LogP contribution in [0, 0.1) is 0 Å². The molecule has 0 bridgehead atoms. The first kappa shape index (κ1) is 12.4. The van der Waals surface area contributed by atoms with Gasteiger partial charge in [-0.05, 0) is 18.9 Å². The maximum Gasteiger partial charge on any atom is 0.323 e. The van der Waals surface area contributed by atoms with Crippen molar-refractivity contribution in [2.75, 3.05) is 25.5 Å². The molecule has 96 valence electrons. The van der Waals surface area contributed by atoms with Gasteiger partial charge in [0.2, 0.25) is 0 Å². The van der Waals surface area contributed by atoms with Gasteiger partial charge in [-0.3, -0.25) is 4.90 Å². The Morgan fingerprint density at radius 3 is 2.78 bits per heavy atom. The summed E-state index contributed by atoms with van der Waals surface area (Å²) >= 11 is 0. The quantitative estimate of drug-likeness (QED) is 0.564. The van der Waals surface area contributed by atoms with Gasteiger partial charge in [0, 0.05) is 26.2 Å². The van der Waals surface area contributed by atoms with Gasteiger partial charge in [-0.15, -0.1) is 0 Å². The zero-order valence-corrected chi connectivity index (χ0v) is 10.6. The number of hydrogen-bond acceptors (Lipinski definition) is 3.